The normalized spacial score (nSPS) is 17.4. The van der Waals surface area contributed by atoms with E-state index in [1.807, 2.05) is 31.2 Å². The third-order valence-corrected chi connectivity index (χ3v) is 3.05. The first-order chi connectivity index (χ1) is 8.65. The van der Waals surface area contributed by atoms with Crippen LogP contribution < -0.4 is 10.2 Å². The number of para-hydroxylation sites is 1. The summed E-state index contributed by atoms with van der Waals surface area (Å²) in [7, 11) is 0. The zero-order valence-corrected chi connectivity index (χ0v) is 10.2. The van der Waals surface area contributed by atoms with Crippen molar-refractivity contribution in [2.45, 2.75) is 12.8 Å². The molecule has 1 aliphatic heterocycles. The highest BCUT2D eigenvalue weighted by molar-refractivity contribution is 6.40. The lowest BCUT2D eigenvalue weighted by Gasteiger charge is -2.16. The lowest BCUT2D eigenvalue weighted by Crippen LogP contribution is -2.43. The van der Waals surface area contributed by atoms with Gasteiger partial charge in [-0.05, 0) is 11.6 Å². The quantitative estimate of drug-likeness (QED) is 0.737. The van der Waals surface area contributed by atoms with Crippen LogP contribution in [0.25, 0.3) is 0 Å². The molecule has 2 N–H and O–H groups in total. The molecule has 0 saturated carbocycles. The van der Waals surface area contributed by atoms with Crippen molar-refractivity contribution in [2.75, 3.05) is 24.6 Å². The molecule has 1 aliphatic rings. The van der Waals surface area contributed by atoms with Gasteiger partial charge in [-0.15, -0.1) is 0 Å². The molecule has 1 unspecified atom stereocenters. The molecule has 0 saturated heterocycles. The number of nitrogens with zero attached hydrogens (tertiary/aromatic N) is 1. The summed E-state index contributed by atoms with van der Waals surface area (Å²) >= 11 is 0. The van der Waals surface area contributed by atoms with E-state index in [0.29, 0.717) is 6.54 Å². The fraction of sp³-hybridized carbons (Fsp3) is 0.385. The van der Waals surface area contributed by atoms with Crippen molar-refractivity contribution in [1.82, 2.24) is 5.32 Å². The van der Waals surface area contributed by atoms with Crippen molar-refractivity contribution >= 4 is 17.5 Å². The van der Waals surface area contributed by atoms with Crippen LogP contribution in [0.15, 0.2) is 24.3 Å². The maximum absolute atomic E-state index is 12.0. The summed E-state index contributed by atoms with van der Waals surface area (Å²) in [6, 6.07) is 7.59. The van der Waals surface area contributed by atoms with Gasteiger partial charge in [-0.25, -0.2) is 0 Å². The Morgan fingerprint density at radius 3 is 2.89 bits per heavy atom. The van der Waals surface area contributed by atoms with Crippen molar-refractivity contribution in [1.29, 1.82) is 0 Å². The van der Waals surface area contributed by atoms with Gasteiger partial charge in [-0.3, -0.25) is 9.59 Å². The number of aliphatic hydroxyl groups excluding tert-OH is 1. The largest absolute Gasteiger partial charge is 0.395 e. The Balaban J connectivity index is 2.16. The second kappa shape index (κ2) is 5.18. The molecule has 0 spiro atoms. The van der Waals surface area contributed by atoms with Crippen LogP contribution in [0.5, 0.6) is 0 Å². The summed E-state index contributed by atoms with van der Waals surface area (Å²) in [6.07, 6.45) is 0. The molecule has 18 heavy (non-hydrogen) atoms. The highest BCUT2D eigenvalue weighted by atomic mass is 16.3. The Hall–Kier alpha value is -1.88. The van der Waals surface area contributed by atoms with Crippen LogP contribution >= 0.6 is 0 Å². The minimum atomic E-state index is -0.673. The van der Waals surface area contributed by atoms with E-state index in [1.54, 1.807) is 0 Å². The maximum Gasteiger partial charge on any atom is 0.316 e. The van der Waals surface area contributed by atoms with Crippen molar-refractivity contribution in [2.24, 2.45) is 0 Å². The van der Waals surface area contributed by atoms with E-state index in [-0.39, 0.29) is 19.1 Å². The zero-order valence-electron chi connectivity index (χ0n) is 10.2. The van der Waals surface area contributed by atoms with Gasteiger partial charge in [0.25, 0.3) is 0 Å². The average molecular weight is 248 g/mol. The topological polar surface area (TPSA) is 69.6 Å². The van der Waals surface area contributed by atoms with Crippen LogP contribution in [0.2, 0.25) is 0 Å². The number of nitrogens with one attached hydrogen (secondary N) is 1. The molecule has 0 bridgehead atoms. The number of hydrogen-bond acceptors (Lipinski definition) is 3. The molecule has 1 heterocycles. The zero-order chi connectivity index (χ0) is 13.1. The van der Waals surface area contributed by atoms with Crippen molar-refractivity contribution in [3.8, 4) is 0 Å². The summed E-state index contributed by atoms with van der Waals surface area (Å²) in [5, 5.41) is 11.0. The van der Waals surface area contributed by atoms with Crippen molar-refractivity contribution in [3.63, 3.8) is 0 Å². The Kier molecular flexibility index (Phi) is 3.62. The van der Waals surface area contributed by atoms with Crippen molar-refractivity contribution in [3.05, 3.63) is 29.8 Å². The maximum atomic E-state index is 12.0. The SMILES string of the molecule is CC1CN(C(=O)C(=O)NCCO)c2ccccc21. The standard InChI is InChI=1S/C13H16N2O3/c1-9-8-15(11-5-3-2-4-10(9)11)13(18)12(17)14-6-7-16/h2-5,9,16H,6-8H2,1H3,(H,14,17). The Morgan fingerprint density at radius 2 is 2.17 bits per heavy atom. The van der Waals surface area contributed by atoms with E-state index < -0.39 is 11.8 Å². The molecule has 0 radical (unpaired) electrons. The third-order valence-electron chi connectivity index (χ3n) is 3.05. The van der Waals surface area contributed by atoms with E-state index in [4.69, 9.17) is 5.11 Å². The average Bonchev–Trinajstić information content (AvgIpc) is 2.73. The second-order valence-electron chi connectivity index (χ2n) is 4.36. The number of benzene rings is 1. The molecular weight excluding hydrogens is 232 g/mol. The lowest BCUT2D eigenvalue weighted by molar-refractivity contribution is -0.137. The molecule has 5 heteroatoms. The fourth-order valence-electron chi connectivity index (χ4n) is 2.18. The number of rotatable bonds is 2. The summed E-state index contributed by atoms with van der Waals surface area (Å²) in [5.74, 6) is -1.01. The van der Waals surface area contributed by atoms with E-state index in [2.05, 4.69) is 5.32 Å². The van der Waals surface area contributed by atoms with Gasteiger partial charge in [0.05, 0.1) is 6.61 Å². The molecule has 0 aromatic heterocycles. The van der Waals surface area contributed by atoms with E-state index in [1.165, 1.54) is 4.90 Å². The molecule has 0 aliphatic carbocycles. The predicted molar refractivity (Wildman–Crippen MR) is 67.3 cm³/mol. The molecule has 1 aromatic carbocycles. The molecule has 1 atom stereocenters. The molecule has 2 rings (SSSR count). The van der Waals surface area contributed by atoms with E-state index >= 15 is 0 Å². The Morgan fingerprint density at radius 1 is 1.44 bits per heavy atom. The summed E-state index contributed by atoms with van der Waals surface area (Å²) in [6.45, 7) is 2.46. The number of amides is 2. The number of carbonyl (C=O) groups excluding carboxylic acids is 2. The van der Waals surface area contributed by atoms with Gasteiger partial charge in [0.15, 0.2) is 0 Å². The second-order valence-corrected chi connectivity index (χ2v) is 4.36. The number of hydrogen-bond donors (Lipinski definition) is 2. The molecular formula is C13H16N2O3. The van der Waals surface area contributed by atoms with Gasteiger partial charge in [0.2, 0.25) is 0 Å². The minimum Gasteiger partial charge on any atom is -0.395 e. The fourth-order valence-corrected chi connectivity index (χ4v) is 2.18. The number of fused-ring (bicyclic) bond motifs is 1. The Bertz CT molecular complexity index is 473. The highest BCUT2D eigenvalue weighted by Crippen LogP contribution is 2.35. The smallest absolute Gasteiger partial charge is 0.316 e. The highest BCUT2D eigenvalue weighted by Gasteiger charge is 2.32. The van der Waals surface area contributed by atoms with Crippen LogP contribution in [0.4, 0.5) is 5.69 Å². The predicted octanol–water partition coefficient (Wildman–Crippen LogP) is 0.245. The third kappa shape index (κ3) is 2.22. The Labute approximate surface area is 105 Å². The van der Waals surface area contributed by atoms with Gasteiger partial charge in [0.1, 0.15) is 0 Å². The van der Waals surface area contributed by atoms with Gasteiger partial charge in [0, 0.05) is 24.7 Å². The number of anilines is 1. The summed E-state index contributed by atoms with van der Waals surface area (Å²) in [5.41, 5.74) is 1.88. The van der Waals surface area contributed by atoms with Gasteiger partial charge in [-0.1, -0.05) is 25.1 Å². The number of aliphatic hydroxyl groups is 1. The molecule has 2 amide bonds. The lowest BCUT2D eigenvalue weighted by atomic mass is 10.0. The first-order valence-electron chi connectivity index (χ1n) is 5.94. The van der Waals surface area contributed by atoms with Crippen LogP contribution in [0.3, 0.4) is 0 Å². The van der Waals surface area contributed by atoms with Gasteiger partial charge in [-0.2, -0.15) is 0 Å². The van der Waals surface area contributed by atoms with Gasteiger partial charge >= 0.3 is 11.8 Å². The molecule has 0 fully saturated rings. The van der Waals surface area contributed by atoms with E-state index in [9.17, 15) is 9.59 Å². The van der Waals surface area contributed by atoms with Crippen LogP contribution in [-0.2, 0) is 9.59 Å². The molecule has 1 aromatic rings. The molecule has 5 nitrogen and oxygen atoms in total. The van der Waals surface area contributed by atoms with Crippen LogP contribution in [0, 0.1) is 0 Å². The summed E-state index contributed by atoms with van der Waals surface area (Å²) < 4.78 is 0. The molecule has 96 valence electrons. The monoisotopic (exact) mass is 248 g/mol. The minimum absolute atomic E-state index is 0.0929. The van der Waals surface area contributed by atoms with E-state index in [0.717, 1.165) is 11.3 Å². The van der Waals surface area contributed by atoms with Crippen molar-refractivity contribution < 1.29 is 14.7 Å². The van der Waals surface area contributed by atoms with Crippen LogP contribution in [-0.4, -0.2) is 36.6 Å². The van der Waals surface area contributed by atoms with Gasteiger partial charge < -0.3 is 15.3 Å². The number of carbonyl (C=O) groups is 2. The first-order valence-corrected chi connectivity index (χ1v) is 5.94. The van der Waals surface area contributed by atoms with Crippen LogP contribution in [0.1, 0.15) is 18.4 Å². The summed E-state index contributed by atoms with van der Waals surface area (Å²) in [4.78, 5) is 25.1. The first kappa shape index (κ1) is 12.6.